The first kappa shape index (κ1) is 25.9. The smallest absolute Gasteiger partial charge is 0.419 e. The average Bonchev–Trinajstić information content (AvgIpc) is 3.69. The predicted octanol–water partition coefficient (Wildman–Crippen LogP) is 3.93. The van der Waals surface area contributed by atoms with E-state index in [-0.39, 0.29) is 12.7 Å². The van der Waals surface area contributed by atoms with E-state index in [1.54, 1.807) is 34.9 Å². The van der Waals surface area contributed by atoms with E-state index in [1.165, 1.54) is 22.7 Å². The fourth-order valence-electron chi connectivity index (χ4n) is 4.99. The highest BCUT2D eigenvalue weighted by atomic mass is 32.1. The number of hydrogen-bond acceptors (Lipinski definition) is 9. The van der Waals surface area contributed by atoms with Crippen LogP contribution in [0.2, 0.25) is 0 Å². The van der Waals surface area contributed by atoms with Crippen molar-refractivity contribution in [2.45, 2.75) is 56.6 Å². The van der Waals surface area contributed by atoms with Crippen molar-refractivity contribution in [1.29, 1.82) is 0 Å². The Morgan fingerprint density at radius 1 is 1.14 bits per heavy atom. The number of rotatable bonds is 9. The quantitative estimate of drug-likeness (QED) is 0.309. The van der Waals surface area contributed by atoms with Gasteiger partial charge in [-0.25, -0.2) is 9.59 Å². The first-order chi connectivity index (χ1) is 17.9. The monoisotopic (exact) mass is 542 g/mol. The predicted molar refractivity (Wildman–Crippen MR) is 143 cm³/mol. The summed E-state index contributed by atoms with van der Waals surface area (Å²) in [6, 6.07) is 12.8. The summed E-state index contributed by atoms with van der Waals surface area (Å²) in [5.74, 6) is -1.03. The molecule has 4 aromatic rings. The van der Waals surface area contributed by atoms with Gasteiger partial charge in [-0.05, 0) is 73.3 Å². The Labute approximate surface area is 222 Å². The molecule has 0 radical (unpaired) electrons. The summed E-state index contributed by atoms with van der Waals surface area (Å²) in [5, 5.41) is 24.4. The molecule has 0 spiro atoms. The topological polar surface area (TPSA) is 105 Å². The van der Waals surface area contributed by atoms with E-state index < -0.39 is 17.3 Å². The van der Waals surface area contributed by atoms with E-state index in [9.17, 15) is 19.8 Å². The second kappa shape index (κ2) is 10.9. The van der Waals surface area contributed by atoms with Gasteiger partial charge in [-0.2, -0.15) is 0 Å². The largest absolute Gasteiger partial charge is 0.460 e. The van der Waals surface area contributed by atoms with E-state index in [1.807, 2.05) is 29.9 Å². The molecular formula is C27H30N2O6S2. The highest BCUT2D eigenvalue weighted by molar-refractivity contribution is 7.12. The molecule has 1 fully saturated rings. The van der Waals surface area contributed by atoms with Crippen molar-refractivity contribution in [1.82, 2.24) is 9.47 Å². The zero-order valence-electron chi connectivity index (χ0n) is 20.5. The van der Waals surface area contributed by atoms with Crippen LogP contribution in [0.5, 0.6) is 0 Å². The standard InChI is InChI=1S/C27H30N2O6S2/c1-28(12-13-29-21-11-6-18(17-30)16-22(21)35-26(29)32)19-7-9-20(10-8-19)34-25(31)27(33,23-4-2-14-36-23)24-5-3-15-37-24/h2-6,11,14-16,19-20,30,33H,7-10,12-13,17H2,1H3/t19-,20-. The highest BCUT2D eigenvalue weighted by Gasteiger charge is 2.45. The molecule has 37 heavy (non-hydrogen) atoms. The van der Waals surface area contributed by atoms with Crippen LogP contribution in [0.25, 0.3) is 11.1 Å². The molecule has 8 nitrogen and oxygen atoms in total. The van der Waals surface area contributed by atoms with E-state index in [2.05, 4.69) is 4.90 Å². The first-order valence-electron chi connectivity index (χ1n) is 12.3. The SMILES string of the molecule is CN(CCn1c(=O)oc2cc(CO)ccc21)[C@H]1CC[C@H](OC(=O)C(O)(c2cccs2)c2cccs2)CC1. The first-order valence-corrected chi connectivity index (χ1v) is 14.1. The van der Waals surface area contributed by atoms with E-state index in [4.69, 9.17) is 9.15 Å². The number of ether oxygens (including phenoxy) is 1. The lowest BCUT2D eigenvalue weighted by atomic mass is 9.91. The van der Waals surface area contributed by atoms with Crippen molar-refractivity contribution in [3.8, 4) is 0 Å². The molecule has 1 aliphatic carbocycles. The Bertz CT molecular complexity index is 1350. The van der Waals surface area contributed by atoms with Crippen molar-refractivity contribution in [3.63, 3.8) is 0 Å². The van der Waals surface area contributed by atoms with Gasteiger partial charge in [0.05, 0.1) is 21.9 Å². The second-order valence-corrected chi connectivity index (χ2v) is 11.4. The lowest BCUT2D eigenvalue weighted by molar-refractivity contribution is -0.169. The van der Waals surface area contributed by atoms with Gasteiger partial charge in [-0.1, -0.05) is 18.2 Å². The van der Waals surface area contributed by atoms with Gasteiger partial charge in [0.15, 0.2) is 5.58 Å². The number of thiophene rings is 2. The molecule has 0 aliphatic heterocycles. The molecule has 196 valence electrons. The molecule has 2 N–H and O–H groups in total. The Morgan fingerprint density at radius 2 is 1.81 bits per heavy atom. The Morgan fingerprint density at radius 3 is 2.41 bits per heavy atom. The molecule has 0 amide bonds. The van der Waals surface area contributed by atoms with Crippen LogP contribution < -0.4 is 5.76 Å². The molecule has 0 atom stereocenters. The molecule has 1 saturated carbocycles. The molecule has 1 aromatic carbocycles. The number of oxazole rings is 1. The van der Waals surface area contributed by atoms with Crippen LogP contribution in [0.1, 0.15) is 41.0 Å². The molecule has 3 aromatic heterocycles. The number of benzene rings is 1. The molecule has 5 rings (SSSR count). The maximum atomic E-state index is 13.2. The summed E-state index contributed by atoms with van der Waals surface area (Å²) >= 11 is 2.67. The lowest BCUT2D eigenvalue weighted by Gasteiger charge is -2.35. The minimum Gasteiger partial charge on any atom is -0.460 e. The third kappa shape index (κ3) is 5.17. The summed E-state index contributed by atoms with van der Waals surface area (Å²) in [5.41, 5.74) is 0.114. The van der Waals surface area contributed by atoms with Crippen LogP contribution in [-0.2, 0) is 28.3 Å². The maximum absolute atomic E-state index is 13.2. The zero-order chi connectivity index (χ0) is 26.0. The number of likely N-dealkylation sites (N-methyl/N-ethyl adjacent to an activating group) is 1. The number of aliphatic hydroxyl groups excluding tert-OH is 1. The summed E-state index contributed by atoms with van der Waals surface area (Å²) < 4.78 is 12.8. The molecule has 1 aliphatic rings. The number of carbonyl (C=O) groups is 1. The lowest BCUT2D eigenvalue weighted by Crippen LogP contribution is -2.42. The summed E-state index contributed by atoms with van der Waals surface area (Å²) in [4.78, 5) is 29.0. The van der Waals surface area contributed by atoms with E-state index in [0.29, 0.717) is 52.9 Å². The summed E-state index contributed by atoms with van der Waals surface area (Å²) in [6.45, 7) is 1.05. The van der Waals surface area contributed by atoms with Crippen molar-refractivity contribution >= 4 is 39.7 Å². The minimum absolute atomic E-state index is 0.104. The average molecular weight is 543 g/mol. The molecular weight excluding hydrogens is 512 g/mol. The van der Waals surface area contributed by atoms with Gasteiger partial charge in [-0.15, -0.1) is 22.7 Å². The summed E-state index contributed by atoms with van der Waals surface area (Å²) in [7, 11) is 2.04. The second-order valence-electron chi connectivity index (χ2n) is 9.46. The van der Waals surface area contributed by atoms with Gasteiger partial charge in [0.1, 0.15) is 6.10 Å². The van der Waals surface area contributed by atoms with Crippen molar-refractivity contribution in [2.24, 2.45) is 0 Å². The molecule has 0 bridgehead atoms. The van der Waals surface area contributed by atoms with E-state index in [0.717, 1.165) is 18.4 Å². The Hall–Kier alpha value is -2.76. The molecule has 0 unspecified atom stereocenters. The Kier molecular flexibility index (Phi) is 7.64. The number of fused-ring (bicyclic) bond motifs is 1. The fourth-order valence-corrected chi connectivity index (χ4v) is 6.71. The molecule has 3 heterocycles. The van der Waals surface area contributed by atoms with Gasteiger partial charge in [0, 0.05) is 19.1 Å². The number of carbonyl (C=O) groups excluding carboxylic acids is 1. The van der Waals surface area contributed by atoms with Gasteiger partial charge >= 0.3 is 11.7 Å². The number of aromatic nitrogens is 1. The van der Waals surface area contributed by atoms with Gasteiger partial charge in [0.2, 0.25) is 5.60 Å². The number of nitrogens with zero attached hydrogens (tertiary/aromatic N) is 2. The summed E-state index contributed by atoms with van der Waals surface area (Å²) in [6.07, 6.45) is 2.89. The number of aliphatic hydroxyl groups is 2. The van der Waals surface area contributed by atoms with Crippen LogP contribution in [0.3, 0.4) is 0 Å². The zero-order valence-corrected chi connectivity index (χ0v) is 22.2. The van der Waals surface area contributed by atoms with Crippen LogP contribution in [0.15, 0.2) is 62.4 Å². The number of hydrogen-bond donors (Lipinski definition) is 2. The van der Waals surface area contributed by atoms with Crippen LogP contribution in [0, 0.1) is 0 Å². The van der Waals surface area contributed by atoms with Crippen LogP contribution in [-0.4, -0.2) is 51.4 Å². The maximum Gasteiger partial charge on any atom is 0.419 e. The third-order valence-electron chi connectivity index (χ3n) is 7.18. The van der Waals surface area contributed by atoms with Gasteiger partial charge < -0.3 is 24.3 Å². The van der Waals surface area contributed by atoms with Crippen molar-refractivity contribution in [3.05, 3.63) is 79.1 Å². The minimum atomic E-state index is -1.78. The number of esters is 1. The molecule has 0 saturated heterocycles. The molecule has 10 heteroatoms. The highest BCUT2D eigenvalue weighted by Crippen LogP contribution is 2.38. The van der Waals surface area contributed by atoms with Crippen LogP contribution in [0.4, 0.5) is 0 Å². The third-order valence-corrected chi connectivity index (χ3v) is 9.14. The van der Waals surface area contributed by atoms with Gasteiger partial charge in [0.25, 0.3) is 0 Å². The fraction of sp³-hybridized carbons (Fsp3) is 0.407. The van der Waals surface area contributed by atoms with E-state index >= 15 is 0 Å². The van der Waals surface area contributed by atoms with Crippen molar-refractivity contribution < 1.29 is 24.2 Å². The Balaban J connectivity index is 1.17. The van der Waals surface area contributed by atoms with Crippen LogP contribution >= 0.6 is 22.7 Å². The van der Waals surface area contributed by atoms with Gasteiger partial charge in [-0.3, -0.25) is 4.57 Å². The normalized spacial score (nSPS) is 18.5. The van der Waals surface area contributed by atoms with Crippen molar-refractivity contribution in [2.75, 3.05) is 13.6 Å².